The minimum Gasteiger partial charge on any atom is -0.335 e. The lowest BCUT2D eigenvalue weighted by Crippen LogP contribution is -2.58. The van der Waals surface area contributed by atoms with Crippen LogP contribution in [0.1, 0.15) is 6.92 Å². The van der Waals surface area contributed by atoms with Crippen LogP contribution in [0.2, 0.25) is 0 Å². The Kier molecular flexibility index (Phi) is 2.87. The zero-order chi connectivity index (χ0) is 10.0. The molecular formula is C8H15N3O2. The van der Waals surface area contributed by atoms with E-state index in [4.69, 9.17) is 5.73 Å². The number of hydrogen-bond acceptors (Lipinski definition) is 3. The molecule has 1 rings (SSSR count). The van der Waals surface area contributed by atoms with Crippen LogP contribution in [0.15, 0.2) is 0 Å². The fraction of sp³-hybridized carbons (Fsp3) is 0.750. The van der Waals surface area contributed by atoms with E-state index in [1.165, 1.54) is 9.80 Å². The Labute approximate surface area is 77.5 Å². The van der Waals surface area contributed by atoms with Gasteiger partial charge in [-0.3, -0.25) is 9.59 Å². The molecule has 1 unspecified atom stereocenters. The summed E-state index contributed by atoms with van der Waals surface area (Å²) in [5.41, 5.74) is 5.35. The quantitative estimate of drug-likeness (QED) is 0.540. The molecule has 1 aliphatic heterocycles. The zero-order valence-electron chi connectivity index (χ0n) is 7.99. The summed E-state index contributed by atoms with van der Waals surface area (Å²) in [6, 6.07) is 0.0683. The molecule has 74 valence electrons. The minimum absolute atomic E-state index is 0.0683. The molecule has 1 heterocycles. The van der Waals surface area contributed by atoms with E-state index >= 15 is 0 Å². The van der Waals surface area contributed by atoms with Gasteiger partial charge in [0, 0.05) is 32.7 Å². The molecule has 0 radical (unpaired) electrons. The predicted octanol–water partition coefficient (Wildman–Crippen LogP) is -1.37. The van der Waals surface area contributed by atoms with Gasteiger partial charge in [0.15, 0.2) is 0 Å². The Hall–Kier alpha value is -1.10. The summed E-state index contributed by atoms with van der Waals surface area (Å²) in [7, 11) is 1.64. The summed E-state index contributed by atoms with van der Waals surface area (Å²) >= 11 is 0. The van der Waals surface area contributed by atoms with Gasteiger partial charge >= 0.3 is 11.8 Å². The molecular weight excluding hydrogens is 170 g/mol. The average molecular weight is 185 g/mol. The third-order valence-corrected chi connectivity index (χ3v) is 2.23. The van der Waals surface area contributed by atoms with Gasteiger partial charge in [-0.1, -0.05) is 0 Å². The van der Waals surface area contributed by atoms with Gasteiger partial charge < -0.3 is 15.5 Å². The number of piperazine rings is 1. The van der Waals surface area contributed by atoms with Gasteiger partial charge in [0.25, 0.3) is 0 Å². The second-order valence-electron chi connectivity index (χ2n) is 3.32. The van der Waals surface area contributed by atoms with Crippen molar-refractivity contribution in [3.63, 3.8) is 0 Å². The van der Waals surface area contributed by atoms with Crippen molar-refractivity contribution in [2.24, 2.45) is 5.73 Å². The van der Waals surface area contributed by atoms with Crippen molar-refractivity contribution in [3.8, 4) is 0 Å². The monoisotopic (exact) mass is 185 g/mol. The smallest absolute Gasteiger partial charge is 0.312 e. The first-order valence-corrected chi connectivity index (χ1v) is 4.34. The Balaban J connectivity index is 2.73. The molecule has 0 bridgehead atoms. The molecule has 0 aromatic rings. The number of nitrogens with zero attached hydrogens (tertiary/aromatic N) is 2. The lowest BCUT2D eigenvalue weighted by atomic mass is 10.2. The first-order chi connectivity index (χ1) is 6.07. The minimum atomic E-state index is -0.438. The first kappa shape index (κ1) is 9.98. The number of amides is 2. The van der Waals surface area contributed by atoms with Crippen LogP contribution >= 0.6 is 0 Å². The van der Waals surface area contributed by atoms with Crippen molar-refractivity contribution >= 4 is 11.8 Å². The van der Waals surface area contributed by atoms with Crippen molar-refractivity contribution in [2.75, 3.05) is 26.7 Å². The Morgan fingerprint density at radius 1 is 1.46 bits per heavy atom. The molecule has 1 fully saturated rings. The molecule has 5 nitrogen and oxygen atoms in total. The summed E-state index contributed by atoms with van der Waals surface area (Å²) in [5, 5.41) is 0. The van der Waals surface area contributed by atoms with Crippen molar-refractivity contribution in [3.05, 3.63) is 0 Å². The molecule has 1 atom stereocenters. The Morgan fingerprint density at radius 2 is 2.08 bits per heavy atom. The average Bonchev–Trinajstić information content (AvgIpc) is 2.09. The molecule has 2 amide bonds. The third kappa shape index (κ3) is 1.80. The number of rotatable bonds is 2. The van der Waals surface area contributed by atoms with E-state index in [1.807, 2.05) is 6.92 Å². The van der Waals surface area contributed by atoms with Crippen LogP contribution in [0, 0.1) is 0 Å². The highest BCUT2D eigenvalue weighted by Crippen LogP contribution is 2.09. The second-order valence-corrected chi connectivity index (χ2v) is 3.32. The first-order valence-electron chi connectivity index (χ1n) is 4.34. The van der Waals surface area contributed by atoms with Gasteiger partial charge in [-0.15, -0.1) is 0 Å². The largest absolute Gasteiger partial charge is 0.335 e. The summed E-state index contributed by atoms with van der Waals surface area (Å²) in [6.45, 7) is 3.35. The highest BCUT2D eigenvalue weighted by molar-refractivity contribution is 6.35. The highest BCUT2D eigenvalue weighted by atomic mass is 16.2. The van der Waals surface area contributed by atoms with Crippen LogP contribution in [0.3, 0.4) is 0 Å². The van der Waals surface area contributed by atoms with Crippen molar-refractivity contribution in [1.29, 1.82) is 0 Å². The van der Waals surface area contributed by atoms with Crippen LogP contribution in [0.25, 0.3) is 0 Å². The van der Waals surface area contributed by atoms with Crippen molar-refractivity contribution in [2.45, 2.75) is 13.0 Å². The van der Waals surface area contributed by atoms with E-state index in [-0.39, 0.29) is 6.04 Å². The van der Waals surface area contributed by atoms with Crippen molar-refractivity contribution < 1.29 is 9.59 Å². The summed E-state index contributed by atoms with van der Waals surface area (Å²) < 4.78 is 0. The molecule has 13 heavy (non-hydrogen) atoms. The van der Waals surface area contributed by atoms with Crippen LogP contribution in [-0.2, 0) is 9.59 Å². The number of carbonyl (C=O) groups excluding carboxylic acids is 2. The van der Waals surface area contributed by atoms with Gasteiger partial charge in [0.1, 0.15) is 0 Å². The molecule has 0 aliphatic carbocycles. The predicted molar refractivity (Wildman–Crippen MR) is 47.9 cm³/mol. The fourth-order valence-corrected chi connectivity index (χ4v) is 1.53. The maximum absolute atomic E-state index is 11.4. The summed E-state index contributed by atoms with van der Waals surface area (Å²) in [4.78, 5) is 25.6. The number of likely N-dealkylation sites (N-methyl/N-ethyl adjacent to an activating group) is 1. The van der Waals surface area contributed by atoms with Gasteiger partial charge in [-0.05, 0) is 6.92 Å². The third-order valence-electron chi connectivity index (χ3n) is 2.23. The molecule has 1 aliphatic rings. The van der Waals surface area contributed by atoms with Gasteiger partial charge in [-0.2, -0.15) is 0 Å². The Bertz CT molecular complexity index is 229. The Morgan fingerprint density at radius 3 is 2.62 bits per heavy atom. The van der Waals surface area contributed by atoms with E-state index in [2.05, 4.69) is 0 Å². The molecule has 2 N–H and O–H groups in total. The number of carbonyl (C=O) groups is 2. The van der Waals surface area contributed by atoms with Crippen LogP contribution < -0.4 is 5.73 Å². The van der Waals surface area contributed by atoms with Gasteiger partial charge in [0.2, 0.25) is 0 Å². The number of hydrogen-bond donors (Lipinski definition) is 1. The van der Waals surface area contributed by atoms with Crippen molar-refractivity contribution in [1.82, 2.24) is 9.80 Å². The highest BCUT2D eigenvalue weighted by Gasteiger charge is 2.34. The lowest BCUT2D eigenvalue weighted by Gasteiger charge is -2.36. The van der Waals surface area contributed by atoms with E-state index in [1.54, 1.807) is 7.05 Å². The molecule has 0 aromatic heterocycles. The molecule has 5 heteroatoms. The van der Waals surface area contributed by atoms with E-state index < -0.39 is 11.8 Å². The molecule has 0 aromatic carbocycles. The van der Waals surface area contributed by atoms with E-state index in [9.17, 15) is 9.59 Å². The summed E-state index contributed by atoms with van der Waals surface area (Å²) in [5.74, 6) is -0.877. The number of nitrogens with two attached hydrogens (primary N) is 1. The molecule has 1 saturated heterocycles. The maximum Gasteiger partial charge on any atom is 0.312 e. The molecule has 0 saturated carbocycles. The van der Waals surface area contributed by atoms with E-state index in [0.717, 1.165) is 0 Å². The van der Waals surface area contributed by atoms with Crippen LogP contribution in [-0.4, -0.2) is 54.3 Å². The zero-order valence-corrected chi connectivity index (χ0v) is 7.99. The lowest BCUT2D eigenvalue weighted by molar-refractivity contribution is -0.157. The van der Waals surface area contributed by atoms with E-state index in [0.29, 0.717) is 19.6 Å². The fourth-order valence-electron chi connectivity index (χ4n) is 1.53. The SMILES string of the molecule is CC1CN(C)C(=O)C(=O)N1CCN. The van der Waals surface area contributed by atoms with Crippen LogP contribution in [0.4, 0.5) is 0 Å². The molecule has 0 spiro atoms. The maximum atomic E-state index is 11.4. The van der Waals surface area contributed by atoms with Crippen LogP contribution in [0.5, 0.6) is 0 Å². The summed E-state index contributed by atoms with van der Waals surface area (Å²) in [6.07, 6.45) is 0. The second kappa shape index (κ2) is 3.74. The topological polar surface area (TPSA) is 66.6 Å². The standard InChI is InChI=1S/C8H15N3O2/c1-6-5-10(2)7(12)8(13)11(6)4-3-9/h6H,3-5,9H2,1-2H3. The van der Waals surface area contributed by atoms with Gasteiger partial charge in [-0.25, -0.2) is 0 Å². The van der Waals surface area contributed by atoms with Gasteiger partial charge in [0.05, 0.1) is 0 Å². The normalized spacial score (nSPS) is 24.1.